The highest BCUT2D eigenvalue weighted by molar-refractivity contribution is 7.99. The number of anilines is 1. The lowest BCUT2D eigenvalue weighted by molar-refractivity contribution is -0.116. The number of aromatic nitrogens is 3. The van der Waals surface area contributed by atoms with Crippen LogP contribution in [0.1, 0.15) is 17.9 Å². The third-order valence-corrected chi connectivity index (χ3v) is 5.20. The first-order chi connectivity index (χ1) is 14.7. The summed E-state index contributed by atoms with van der Waals surface area (Å²) < 4.78 is 5.78. The summed E-state index contributed by atoms with van der Waals surface area (Å²) in [6.07, 6.45) is 5.81. The second kappa shape index (κ2) is 9.37. The Bertz CT molecular complexity index is 1130. The van der Waals surface area contributed by atoms with Crippen molar-refractivity contribution in [2.24, 2.45) is 0 Å². The molecule has 0 atom stereocenters. The lowest BCUT2D eigenvalue weighted by Gasteiger charge is -2.06. The van der Waals surface area contributed by atoms with Crippen LogP contribution in [0.5, 0.6) is 0 Å². The van der Waals surface area contributed by atoms with E-state index in [1.165, 1.54) is 17.3 Å². The maximum atomic E-state index is 12.3. The molecule has 6 nitrogen and oxygen atoms in total. The highest BCUT2D eigenvalue weighted by Gasteiger charge is 2.10. The van der Waals surface area contributed by atoms with Gasteiger partial charge in [-0.25, -0.2) is 15.0 Å². The number of oxazole rings is 1. The van der Waals surface area contributed by atoms with Gasteiger partial charge in [-0.15, -0.1) is 0 Å². The number of benzene rings is 1. The van der Waals surface area contributed by atoms with Gasteiger partial charge in [0.05, 0.1) is 6.20 Å². The third-order valence-electron chi connectivity index (χ3n) is 4.32. The number of pyridine rings is 2. The predicted molar refractivity (Wildman–Crippen MR) is 116 cm³/mol. The number of nitrogens with zero attached hydrogens (tertiary/aromatic N) is 3. The van der Waals surface area contributed by atoms with Crippen LogP contribution in [-0.4, -0.2) is 20.9 Å². The summed E-state index contributed by atoms with van der Waals surface area (Å²) in [6.45, 7) is 2.04. The summed E-state index contributed by atoms with van der Waals surface area (Å²) in [5.74, 6) is 1.14. The molecule has 3 aromatic heterocycles. The summed E-state index contributed by atoms with van der Waals surface area (Å²) in [5, 5.41) is 4.52. The summed E-state index contributed by atoms with van der Waals surface area (Å²) in [4.78, 5) is 25.2. The molecule has 0 bridgehead atoms. The van der Waals surface area contributed by atoms with Gasteiger partial charge in [0, 0.05) is 36.5 Å². The molecule has 0 fully saturated rings. The van der Waals surface area contributed by atoms with E-state index < -0.39 is 0 Å². The van der Waals surface area contributed by atoms with Gasteiger partial charge in [0.1, 0.15) is 10.1 Å². The van der Waals surface area contributed by atoms with Crippen LogP contribution in [0.4, 0.5) is 5.69 Å². The molecule has 0 spiro atoms. The van der Waals surface area contributed by atoms with Crippen LogP contribution in [0.3, 0.4) is 0 Å². The van der Waals surface area contributed by atoms with E-state index in [2.05, 4.69) is 20.3 Å². The Morgan fingerprint density at radius 3 is 2.63 bits per heavy atom. The number of hydrogen-bond donors (Lipinski definition) is 1. The van der Waals surface area contributed by atoms with Crippen LogP contribution in [0.15, 0.2) is 87.7 Å². The van der Waals surface area contributed by atoms with Crippen molar-refractivity contribution in [3.05, 3.63) is 84.6 Å². The highest BCUT2D eigenvalue weighted by Crippen LogP contribution is 2.26. The minimum atomic E-state index is -0.106. The van der Waals surface area contributed by atoms with Crippen molar-refractivity contribution in [2.45, 2.75) is 29.8 Å². The first kappa shape index (κ1) is 19.8. The summed E-state index contributed by atoms with van der Waals surface area (Å²) in [7, 11) is 0. The molecule has 3 heterocycles. The second-order valence-corrected chi connectivity index (χ2v) is 7.73. The van der Waals surface area contributed by atoms with Gasteiger partial charge >= 0.3 is 0 Å². The molecule has 0 aliphatic heterocycles. The zero-order chi connectivity index (χ0) is 20.8. The van der Waals surface area contributed by atoms with E-state index in [0.717, 1.165) is 15.6 Å². The normalized spacial score (nSPS) is 10.7. The van der Waals surface area contributed by atoms with E-state index in [1.807, 2.05) is 55.5 Å². The molecule has 1 aromatic carbocycles. The molecule has 4 rings (SSSR count). The molecular formula is C23H20N4O2S. The van der Waals surface area contributed by atoms with Gasteiger partial charge < -0.3 is 9.73 Å². The molecule has 7 heteroatoms. The van der Waals surface area contributed by atoms with Crippen LogP contribution >= 0.6 is 11.8 Å². The molecule has 0 saturated carbocycles. The van der Waals surface area contributed by atoms with Crippen LogP contribution in [0.25, 0.3) is 11.3 Å². The van der Waals surface area contributed by atoms with Gasteiger partial charge in [-0.3, -0.25) is 4.79 Å². The Labute approximate surface area is 178 Å². The average molecular weight is 417 g/mol. The fourth-order valence-electron chi connectivity index (χ4n) is 2.78. The average Bonchev–Trinajstić information content (AvgIpc) is 3.23. The molecule has 0 radical (unpaired) electrons. The minimum absolute atomic E-state index is 0.106. The Hall–Kier alpha value is -3.45. The molecule has 0 aliphatic carbocycles. The zero-order valence-corrected chi connectivity index (χ0v) is 17.2. The van der Waals surface area contributed by atoms with E-state index in [1.54, 1.807) is 24.7 Å². The Balaban J connectivity index is 1.32. The molecule has 30 heavy (non-hydrogen) atoms. The van der Waals surface area contributed by atoms with E-state index in [-0.39, 0.29) is 12.3 Å². The van der Waals surface area contributed by atoms with Gasteiger partial charge in [-0.05, 0) is 31.2 Å². The highest BCUT2D eigenvalue weighted by atomic mass is 32.2. The first-order valence-corrected chi connectivity index (χ1v) is 10.3. The van der Waals surface area contributed by atoms with Crippen molar-refractivity contribution in [3.63, 3.8) is 0 Å². The molecule has 150 valence electrons. The maximum Gasteiger partial charge on any atom is 0.224 e. The van der Waals surface area contributed by atoms with Crippen molar-refractivity contribution in [1.82, 2.24) is 15.0 Å². The smallest absolute Gasteiger partial charge is 0.224 e. The standard InChI is InChI=1S/C23H20N4O2S/c1-16-5-7-17(8-6-16)19-15-26-21(29-19)10-9-20(28)27-18-11-13-25-23(14-18)30-22-4-2-3-12-24-22/h2-8,11-15H,9-10H2,1H3,(H,25,27,28). The molecule has 4 aromatic rings. The molecule has 0 unspecified atom stereocenters. The fourth-order valence-corrected chi connectivity index (χ4v) is 3.55. The topological polar surface area (TPSA) is 80.9 Å². The maximum absolute atomic E-state index is 12.3. The fraction of sp³-hybridized carbons (Fsp3) is 0.130. The van der Waals surface area contributed by atoms with Gasteiger partial charge in [0.2, 0.25) is 5.91 Å². The number of aryl methyl sites for hydroxylation is 2. The van der Waals surface area contributed by atoms with E-state index in [4.69, 9.17) is 4.42 Å². The molecule has 0 saturated heterocycles. The number of amides is 1. The molecule has 1 amide bonds. The molecule has 0 aliphatic rings. The van der Waals surface area contributed by atoms with Gasteiger partial charge in [0.25, 0.3) is 0 Å². The number of carbonyl (C=O) groups excluding carboxylic acids is 1. The third kappa shape index (κ3) is 5.33. The lowest BCUT2D eigenvalue weighted by Crippen LogP contribution is -2.12. The Morgan fingerprint density at radius 1 is 1.00 bits per heavy atom. The Morgan fingerprint density at radius 2 is 1.83 bits per heavy atom. The van der Waals surface area contributed by atoms with Crippen molar-refractivity contribution in [1.29, 1.82) is 0 Å². The minimum Gasteiger partial charge on any atom is -0.441 e. The first-order valence-electron chi connectivity index (χ1n) is 9.52. The van der Waals surface area contributed by atoms with Crippen LogP contribution in [0.2, 0.25) is 0 Å². The van der Waals surface area contributed by atoms with E-state index in [0.29, 0.717) is 23.8 Å². The van der Waals surface area contributed by atoms with Crippen LogP contribution in [0, 0.1) is 6.92 Å². The van der Waals surface area contributed by atoms with Crippen LogP contribution in [-0.2, 0) is 11.2 Å². The molecule has 1 N–H and O–H groups in total. The van der Waals surface area contributed by atoms with Crippen molar-refractivity contribution in [3.8, 4) is 11.3 Å². The van der Waals surface area contributed by atoms with Crippen molar-refractivity contribution in [2.75, 3.05) is 5.32 Å². The lowest BCUT2D eigenvalue weighted by atomic mass is 10.1. The van der Waals surface area contributed by atoms with Crippen LogP contribution < -0.4 is 5.32 Å². The summed E-state index contributed by atoms with van der Waals surface area (Å²) >= 11 is 1.44. The van der Waals surface area contributed by atoms with Gasteiger partial charge in [0.15, 0.2) is 11.7 Å². The molecular weight excluding hydrogens is 396 g/mol. The number of nitrogens with one attached hydrogen (secondary N) is 1. The van der Waals surface area contributed by atoms with E-state index in [9.17, 15) is 4.79 Å². The van der Waals surface area contributed by atoms with Crippen molar-refractivity contribution < 1.29 is 9.21 Å². The van der Waals surface area contributed by atoms with E-state index >= 15 is 0 Å². The largest absolute Gasteiger partial charge is 0.441 e. The zero-order valence-electron chi connectivity index (χ0n) is 16.4. The quantitative estimate of drug-likeness (QED) is 0.448. The predicted octanol–water partition coefficient (Wildman–Crippen LogP) is 5.16. The Kier molecular flexibility index (Phi) is 6.20. The number of carbonyl (C=O) groups is 1. The summed E-state index contributed by atoms with van der Waals surface area (Å²) in [5.41, 5.74) is 2.85. The number of rotatable bonds is 7. The second-order valence-electron chi connectivity index (χ2n) is 6.69. The SMILES string of the molecule is Cc1ccc(-c2cnc(CCC(=O)Nc3ccnc(Sc4ccccn4)c3)o2)cc1. The monoisotopic (exact) mass is 416 g/mol. The van der Waals surface area contributed by atoms with Gasteiger partial charge in [-0.2, -0.15) is 0 Å². The van der Waals surface area contributed by atoms with Gasteiger partial charge in [-0.1, -0.05) is 47.7 Å². The van der Waals surface area contributed by atoms with Crippen molar-refractivity contribution >= 4 is 23.4 Å². The summed E-state index contributed by atoms with van der Waals surface area (Å²) in [6, 6.07) is 17.4. The number of hydrogen-bond acceptors (Lipinski definition) is 6.